The molecule has 4 rings (SSSR count). The van der Waals surface area contributed by atoms with Crippen molar-refractivity contribution in [3.63, 3.8) is 0 Å². The van der Waals surface area contributed by atoms with Crippen LogP contribution in [0.25, 0.3) is 17.1 Å². The summed E-state index contributed by atoms with van der Waals surface area (Å²) in [7, 11) is 0. The molecule has 3 nitrogen and oxygen atoms in total. The lowest BCUT2D eigenvalue weighted by atomic mass is 10.1. The zero-order valence-corrected chi connectivity index (χ0v) is 17.1. The van der Waals surface area contributed by atoms with Crippen LogP contribution in [-0.4, -0.2) is 14.8 Å². The summed E-state index contributed by atoms with van der Waals surface area (Å²) in [6.07, 6.45) is 0. The summed E-state index contributed by atoms with van der Waals surface area (Å²) in [6.45, 7) is 6.40. The third kappa shape index (κ3) is 3.87. The van der Waals surface area contributed by atoms with Gasteiger partial charge in [0.25, 0.3) is 0 Å². The molecule has 0 saturated heterocycles. The molecule has 0 aliphatic rings. The van der Waals surface area contributed by atoms with Gasteiger partial charge in [0.2, 0.25) is 0 Å². The predicted octanol–water partition coefficient (Wildman–Crippen LogP) is 6.40. The molecule has 0 amide bonds. The van der Waals surface area contributed by atoms with E-state index >= 15 is 0 Å². The largest absolute Gasteiger partial charge is 0.270 e. The topological polar surface area (TPSA) is 30.7 Å². The smallest absolute Gasteiger partial charge is 0.196 e. The predicted molar refractivity (Wildman–Crippen MR) is 117 cm³/mol. The highest BCUT2D eigenvalue weighted by Gasteiger charge is 2.19. The Bertz CT molecular complexity index is 1050. The molecule has 1 aromatic heterocycles. The maximum absolute atomic E-state index is 4.56. The molecule has 28 heavy (non-hydrogen) atoms. The third-order valence-electron chi connectivity index (χ3n) is 4.79. The van der Waals surface area contributed by atoms with Crippen LogP contribution in [0.2, 0.25) is 0 Å². The fourth-order valence-corrected chi connectivity index (χ4v) is 4.11. The Morgan fingerprint density at radius 3 is 2.00 bits per heavy atom. The fourth-order valence-electron chi connectivity index (χ4n) is 3.11. The highest BCUT2D eigenvalue weighted by molar-refractivity contribution is 7.99. The van der Waals surface area contributed by atoms with Gasteiger partial charge in [-0.2, -0.15) is 0 Å². The van der Waals surface area contributed by atoms with Crippen LogP contribution in [0.5, 0.6) is 0 Å². The zero-order chi connectivity index (χ0) is 19.5. The number of nitrogens with zero attached hydrogens (tertiary/aromatic N) is 3. The lowest BCUT2D eigenvalue weighted by Gasteiger charge is -2.14. The molecule has 4 heteroatoms. The Labute approximate surface area is 170 Å². The molecule has 0 N–H and O–H groups in total. The van der Waals surface area contributed by atoms with Gasteiger partial charge in [0, 0.05) is 16.5 Å². The molecule has 0 fully saturated rings. The standard InChI is InChI=1S/C24H23N3S/c1-17-9-13-21(14-10-17)23-25-26-24(27(23)22-15-11-18(2)12-16-22)28-19(3)20-7-5-4-6-8-20/h4-16,19H,1-3H3/t19-/m1/s1. The van der Waals surface area contributed by atoms with Gasteiger partial charge in [-0.25, -0.2) is 0 Å². The molecule has 1 heterocycles. The Morgan fingerprint density at radius 1 is 0.750 bits per heavy atom. The number of rotatable bonds is 5. The van der Waals surface area contributed by atoms with E-state index in [0.29, 0.717) is 0 Å². The molecule has 3 aromatic carbocycles. The lowest BCUT2D eigenvalue weighted by molar-refractivity contribution is 0.878. The first-order valence-electron chi connectivity index (χ1n) is 9.43. The SMILES string of the molecule is Cc1ccc(-c2nnc(S[C@H](C)c3ccccc3)n2-c2ccc(C)cc2)cc1. The first-order chi connectivity index (χ1) is 13.6. The van der Waals surface area contributed by atoms with Crippen LogP contribution in [0, 0.1) is 13.8 Å². The third-order valence-corrected chi connectivity index (χ3v) is 5.89. The van der Waals surface area contributed by atoms with Gasteiger partial charge in [0.05, 0.1) is 0 Å². The van der Waals surface area contributed by atoms with Crippen LogP contribution in [0.1, 0.15) is 28.9 Å². The number of aromatic nitrogens is 3. The van der Waals surface area contributed by atoms with Crippen molar-refractivity contribution < 1.29 is 0 Å². The minimum absolute atomic E-state index is 0.278. The first kappa shape index (κ1) is 18.5. The molecular formula is C24H23N3S. The maximum Gasteiger partial charge on any atom is 0.196 e. The van der Waals surface area contributed by atoms with Gasteiger partial charge in [-0.05, 0) is 38.5 Å². The van der Waals surface area contributed by atoms with Crippen molar-refractivity contribution in [2.24, 2.45) is 0 Å². The van der Waals surface area contributed by atoms with Crippen molar-refractivity contribution in [1.29, 1.82) is 0 Å². The van der Waals surface area contributed by atoms with Crippen LogP contribution < -0.4 is 0 Å². The van der Waals surface area contributed by atoms with Crippen molar-refractivity contribution >= 4 is 11.8 Å². The molecule has 0 bridgehead atoms. The van der Waals surface area contributed by atoms with E-state index in [9.17, 15) is 0 Å². The van der Waals surface area contributed by atoms with Crippen LogP contribution >= 0.6 is 11.8 Å². The highest BCUT2D eigenvalue weighted by atomic mass is 32.2. The molecule has 0 aliphatic carbocycles. The Balaban J connectivity index is 1.78. The van der Waals surface area contributed by atoms with E-state index in [-0.39, 0.29) is 5.25 Å². The van der Waals surface area contributed by atoms with Gasteiger partial charge in [-0.15, -0.1) is 10.2 Å². The Kier molecular flexibility index (Phi) is 5.31. The molecular weight excluding hydrogens is 362 g/mol. The monoisotopic (exact) mass is 385 g/mol. The summed E-state index contributed by atoms with van der Waals surface area (Å²) in [5, 5.41) is 10.3. The Morgan fingerprint density at radius 2 is 1.36 bits per heavy atom. The highest BCUT2D eigenvalue weighted by Crippen LogP contribution is 2.36. The van der Waals surface area contributed by atoms with Crippen molar-refractivity contribution in [3.05, 3.63) is 95.6 Å². The van der Waals surface area contributed by atoms with E-state index in [0.717, 1.165) is 22.2 Å². The number of aryl methyl sites for hydroxylation is 2. The minimum Gasteiger partial charge on any atom is -0.270 e. The number of benzene rings is 3. The van der Waals surface area contributed by atoms with Gasteiger partial charge >= 0.3 is 0 Å². The lowest BCUT2D eigenvalue weighted by Crippen LogP contribution is -2.01. The van der Waals surface area contributed by atoms with Crippen molar-refractivity contribution in [3.8, 4) is 17.1 Å². The molecule has 0 saturated carbocycles. The summed E-state index contributed by atoms with van der Waals surface area (Å²) >= 11 is 1.73. The number of hydrogen-bond donors (Lipinski definition) is 0. The molecule has 0 spiro atoms. The average molecular weight is 386 g/mol. The zero-order valence-electron chi connectivity index (χ0n) is 16.3. The van der Waals surface area contributed by atoms with E-state index in [2.05, 4.69) is 108 Å². The molecule has 0 unspecified atom stereocenters. The van der Waals surface area contributed by atoms with Gasteiger partial charge in [-0.3, -0.25) is 4.57 Å². The average Bonchev–Trinajstić information content (AvgIpc) is 3.13. The second-order valence-electron chi connectivity index (χ2n) is 7.01. The van der Waals surface area contributed by atoms with E-state index in [1.165, 1.54) is 16.7 Å². The van der Waals surface area contributed by atoms with Crippen LogP contribution in [-0.2, 0) is 0 Å². The summed E-state index contributed by atoms with van der Waals surface area (Å²) < 4.78 is 2.16. The van der Waals surface area contributed by atoms with Crippen LogP contribution in [0.3, 0.4) is 0 Å². The summed E-state index contributed by atoms with van der Waals surface area (Å²) in [6, 6.07) is 27.5. The van der Waals surface area contributed by atoms with E-state index in [1.807, 2.05) is 6.07 Å². The van der Waals surface area contributed by atoms with E-state index < -0.39 is 0 Å². The van der Waals surface area contributed by atoms with Gasteiger partial charge in [0.15, 0.2) is 11.0 Å². The summed E-state index contributed by atoms with van der Waals surface area (Å²) in [5.74, 6) is 0.867. The van der Waals surface area contributed by atoms with Gasteiger partial charge in [0.1, 0.15) is 0 Å². The van der Waals surface area contributed by atoms with Crippen LogP contribution in [0.15, 0.2) is 84.0 Å². The van der Waals surface area contributed by atoms with Gasteiger partial charge < -0.3 is 0 Å². The van der Waals surface area contributed by atoms with Crippen molar-refractivity contribution in [1.82, 2.24) is 14.8 Å². The normalized spacial score (nSPS) is 12.1. The number of hydrogen-bond acceptors (Lipinski definition) is 3. The van der Waals surface area contributed by atoms with E-state index in [4.69, 9.17) is 0 Å². The molecule has 4 aromatic rings. The first-order valence-corrected chi connectivity index (χ1v) is 10.3. The summed E-state index contributed by atoms with van der Waals surface area (Å²) in [5.41, 5.74) is 5.90. The van der Waals surface area contributed by atoms with E-state index in [1.54, 1.807) is 11.8 Å². The maximum atomic E-state index is 4.56. The molecule has 140 valence electrons. The fraction of sp³-hybridized carbons (Fsp3) is 0.167. The quantitative estimate of drug-likeness (QED) is 0.372. The Hall–Kier alpha value is -2.85. The second-order valence-corrected chi connectivity index (χ2v) is 8.32. The second kappa shape index (κ2) is 8.03. The van der Waals surface area contributed by atoms with Crippen molar-refractivity contribution in [2.75, 3.05) is 0 Å². The van der Waals surface area contributed by atoms with Crippen molar-refractivity contribution in [2.45, 2.75) is 31.2 Å². The molecule has 1 atom stereocenters. The van der Waals surface area contributed by atoms with Gasteiger partial charge in [-0.1, -0.05) is 89.6 Å². The number of thioether (sulfide) groups is 1. The molecule has 0 radical (unpaired) electrons. The van der Waals surface area contributed by atoms with Crippen LogP contribution in [0.4, 0.5) is 0 Å². The minimum atomic E-state index is 0.278. The summed E-state index contributed by atoms with van der Waals surface area (Å²) in [4.78, 5) is 0. The molecule has 0 aliphatic heterocycles.